The molecule has 11 nitrogen and oxygen atoms in total. The standard InChI is InChI=1S/C22H26N4O7S/c1-22(2)20(28)25(21(29)24(22)3)12-17(26(30)14-27)13-33-18-8-4-15(5-9-18)16-6-10-19(11-7-16)34(23,31)32/h4-11,14,17,30H,12-13H2,1-3H3,(H2,23,31,32). The van der Waals surface area contributed by atoms with Gasteiger partial charge in [-0.3, -0.25) is 19.7 Å². The van der Waals surface area contributed by atoms with E-state index in [0.717, 1.165) is 16.0 Å². The van der Waals surface area contributed by atoms with Crippen LogP contribution in [0.25, 0.3) is 11.1 Å². The van der Waals surface area contributed by atoms with Gasteiger partial charge in [0, 0.05) is 7.05 Å². The van der Waals surface area contributed by atoms with Gasteiger partial charge in [-0.15, -0.1) is 0 Å². The van der Waals surface area contributed by atoms with Gasteiger partial charge in [-0.1, -0.05) is 24.3 Å². The first-order valence-corrected chi connectivity index (χ1v) is 11.8. The lowest BCUT2D eigenvalue weighted by molar-refractivity contribution is -0.165. The summed E-state index contributed by atoms with van der Waals surface area (Å²) in [6.07, 6.45) is 0.183. The van der Waals surface area contributed by atoms with Crippen molar-refractivity contribution in [2.24, 2.45) is 5.14 Å². The van der Waals surface area contributed by atoms with Crippen molar-refractivity contribution in [3.05, 3.63) is 48.5 Å². The quantitative estimate of drug-likeness (QED) is 0.232. The van der Waals surface area contributed by atoms with Crippen LogP contribution in [0.2, 0.25) is 0 Å². The van der Waals surface area contributed by atoms with Crippen molar-refractivity contribution in [2.45, 2.75) is 30.3 Å². The van der Waals surface area contributed by atoms with E-state index in [1.54, 1.807) is 50.2 Å². The van der Waals surface area contributed by atoms with E-state index in [2.05, 4.69) is 0 Å². The highest BCUT2D eigenvalue weighted by atomic mass is 32.2. The second kappa shape index (κ2) is 9.41. The molecule has 0 aromatic heterocycles. The van der Waals surface area contributed by atoms with Crippen LogP contribution in [-0.4, -0.2) is 78.6 Å². The number of benzene rings is 2. The average Bonchev–Trinajstić information content (AvgIpc) is 2.95. The van der Waals surface area contributed by atoms with Crippen LogP contribution in [-0.2, 0) is 19.6 Å². The lowest BCUT2D eigenvalue weighted by atomic mass is 10.1. The molecule has 2 aromatic carbocycles. The first-order chi connectivity index (χ1) is 15.9. The lowest BCUT2D eigenvalue weighted by Crippen LogP contribution is -2.48. The molecule has 12 heteroatoms. The molecule has 3 rings (SSSR count). The Hall–Kier alpha value is -3.48. The van der Waals surface area contributed by atoms with Gasteiger partial charge in [0.2, 0.25) is 16.4 Å². The van der Waals surface area contributed by atoms with Gasteiger partial charge >= 0.3 is 6.03 Å². The molecule has 1 unspecified atom stereocenters. The number of nitrogens with two attached hydrogens (primary N) is 1. The van der Waals surface area contributed by atoms with Gasteiger partial charge in [0.15, 0.2) is 0 Å². The molecule has 1 fully saturated rings. The Balaban J connectivity index is 1.69. The zero-order valence-electron chi connectivity index (χ0n) is 18.9. The van der Waals surface area contributed by atoms with E-state index in [9.17, 15) is 28.0 Å². The molecule has 34 heavy (non-hydrogen) atoms. The van der Waals surface area contributed by atoms with Crippen molar-refractivity contribution in [2.75, 3.05) is 20.2 Å². The van der Waals surface area contributed by atoms with Crippen LogP contribution in [0, 0.1) is 0 Å². The van der Waals surface area contributed by atoms with Gasteiger partial charge in [-0.05, 0) is 49.2 Å². The third-order valence-electron chi connectivity index (χ3n) is 5.81. The van der Waals surface area contributed by atoms with Crippen molar-refractivity contribution in [1.29, 1.82) is 0 Å². The van der Waals surface area contributed by atoms with Gasteiger partial charge in [0.05, 0.1) is 11.4 Å². The Morgan fingerprint density at radius 3 is 2.06 bits per heavy atom. The van der Waals surface area contributed by atoms with Gasteiger partial charge in [0.25, 0.3) is 5.91 Å². The van der Waals surface area contributed by atoms with Gasteiger partial charge in [-0.25, -0.2) is 23.4 Å². The zero-order chi connectivity index (χ0) is 25.3. The summed E-state index contributed by atoms with van der Waals surface area (Å²) < 4.78 is 28.5. The molecule has 0 aliphatic carbocycles. The van der Waals surface area contributed by atoms with E-state index in [1.165, 1.54) is 24.1 Å². The number of urea groups is 1. The minimum Gasteiger partial charge on any atom is -0.491 e. The summed E-state index contributed by atoms with van der Waals surface area (Å²) in [5.74, 6) is -0.0205. The Kier molecular flexibility index (Phi) is 6.96. The van der Waals surface area contributed by atoms with Crippen LogP contribution in [0.4, 0.5) is 4.79 Å². The number of ether oxygens (including phenoxy) is 1. The van der Waals surface area contributed by atoms with Crippen LogP contribution >= 0.6 is 0 Å². The first kappa shape index (κ1) is 25.1. The molecule has 1 aliphatic rings. The second-order valence-electron chi connectivity index (χ2n) is 8.36. The molecule has 0 spiro atoms. The number of primary sulfonamides is 1. The predicted octanol–water partition coefficient (Wildman–Crippen LogP) is 1.27. The van der Waals surface area contributed by atoms with Crippen molar-refractivity contribution >= 4 is 28.4 Å². The normalized spacial score (nSPS) is 16.5. The molecule has 1 atom stereocenters. The second-order valence-corrected chi connectivity index (χ2v) is 9.92. The molecular formula is C22H26N4O7S. The fraction of sp³-hybridized carbons (Fsp3) is 0.318. The summed E-state index contributed by atoms with van der Waals surface area (Å²) in [5, 5.41) is 15.4. The summed E-state index contributed by atoms with van der Waals surface area (Å²) in [7, 11) is -2.27. The number of imide groups is 1. The molecule has 182 valence electrons. The summed E-state index contributed by atoms with van der Waals surface area (Å²) in [4.78, 5) is 38.5. The highest BCUT2D eigenvalue weighted by molar-refractivity contribution is 7.89. The fourth-order valence-corrected chi connectivity index (χ4v) is 3.94. The highest BCUT2D eigenvalue weighted by Crippen LogP contribution is 2.27. The number of carbonyl (C=O) groups is 3. The van der Waals surface area contributed by atoms with Crippen LogP contribution in [0.1, 0.15) is 13.8 Å². The number of hydrogen-bond donors (Lipinski definition) is 2. The van der Waals surface area contributed by atoms with Crippen LogP contribution in [0.5, 0.6) is 5.75 Å². The fourth-order valence-electron chi connectivity index (χ4n) is 3.42. The third kappa shape index (κ3) is 5.03. The maximum atomic E-state index is 12.6. The Labute approximate surface area is 197 Å². The molecular weight excluding hydrogens is 464 g/mol. The predicted molar refractivity (Wildman–Crippen MR) is 121 cm³/mol. The van der Waals surface area contributed by atoms with E-state index in [4.69, 9.17) is 9.88 Å². The number of amides is 4. The Morgan fingerprint density at radius 1 is 1.09 bits per heavy atom. The van der Waals surface area contributed by atoms with E-state index in [-0.39, 0.29) is 24.5 Å². The summed E-state index contributed by atoms with van der Waals surface area (Å²) in [5.41, 5.74) is 0.518. The molecule has 0 bridgehead atoms. The molecule has 3 N–H and O–H groups in total. The number of sulfonamides is 1. The molecule has 1 saturated heterocycles. The number of hydroxylamine groups is 2. The Morgan fingerprint density at radius 2 is 1.62 bits per heavy atom. The lowest BCUT2D eigenvalue weighted by Gasteiger charge is -2.26. The zero-order valence-corrected chi connectivity index (χ0v) is 19.7. The minimum atomic E-state index is -3.78. The SMILES string of the molecule is CN1C(=O)N(CC(COc2ccc(-c3ccc(S(N)(=O)=O)cc3)cc2)N(O)C=O)C(=O)C1(C)C. The molecule has 1 aliphatic heterocycles. The van der Waals surface area contributed by atoms with Crippen molar-refractivity contribution < 1.29 is 32.7 Å². The Bertz CT molecular complexity index is 1180. The van der Waals surface area contributed by atoms with Crippen molar-refractivity contribution in [3.8, 4) is 16.9 Å². The smallest absolute Gasteiger partial charge is 0.327 e. The highest BCUT2D eigenvalue weighted by Gasteiger charge is 2.50. The molecule has 4 amide bonds. The maximum Gasteiger partial charge on any atom is 0.327 e. The maximum absolute atomic E-state index is 12.6. The summed E-state index contributed by atoms with van der Waals surface area (Å²) in [6.45, 7) is 2.80. The number of likely N-dealkylation sites (N-methyl/N-ethyl adjacent to an activating group) is 1. The monoisotopic (exact) mass is 490 g/mol. The van der Waals surface area contributed by atoms with E-state index in [1.807, 2.05) is 0 Å². The van der Waals surface area contributed by atoms with Crippen LogP contribution in [0.15, 0.2) is 53.4 Å². The van der Waals surface area contributed by atoms with E-state index in [0.29, 0.717) is 10.8 Å². The number of hydrogen-bond acceptors (Lipinski definition) is 7. The number of rotatable bonds is 9. The minimum absolute atomic E-state index is 0.00975. The van der Waals surface area contributed by atoms with Crippen molar-refractivity contribution in [3.63, 3.8) is 0 Å². The molecule has 0 radical (unpaired) electrons. The summed E-state index contributed by atoms with van der Waals surface area (Å²) in [6, 6.07) is 11.4. The van der Waals surface area contributed by atoms with Crippen LogP contribution in [0.3, 0.4) is 0 Å². The van der Waals surface area contributed by atoms with Crippen molar-refractivity contribution in [1.82, 2.24) is 14.9 Å². The molecule has 1 heterocycles. The average molecular weight is 491 g/mol. The first-order valence-electron chi connectivity index (χ1n) is 10.2. The van der Waals surface area contributed by atoms with E-state index >= 15 is 0 Å². The third-order valence-corrected chi connectivity index (χ3v) is 6.74. The number of carbonyl (C=O) groups excluding carboxylic acids is 3. The van der Waals surface area contributed by atoms with E-state index < -0.39 is 33.5 Å². The van der Waals surface area contributed by atoms with Crippen LogP contribution < -0.4 is 9.88 Å². The van der Waals surface area contributed by atoms with Gasteiger partial charge < -0.3 is 9.64 Å². The largest absolute Gasteiger partial charge is 0.491 e. The summed E-state index contributed by atoms with van der Waals surface area (Å²) >= 11 is 0. The molecule has 2 aromatic rings. The van der Waals surface area contributed by atoms with Gasteiger partial charge in [-0.2, -0.15) is 0 Å². The number of nitrogens with zero attached hydrogens (tertiary/aromatic N) is 3. The molecule has 0 saturated carbocycles. The topological polar surface area (TPSA) is 151 Å². The van der Waals surface area contributed by atoms with Gasteiger partial charge in [0.1, 0.15) is 23.9 Å².